The summed E-state index contributed by atoms with van der Waals surface area (Å²) in [6, 6.07) is -0.113. The van der Waals surface area contributed by atoms with Gasteiger partial charge in [0.05, 0.1) is 16.7 Å². The second kappa shape index (κ2) is 5.11. The van der Waals surface area contributed by atoms with E-state index in [1.165, 1.54) is 0 Å². The fourth-order valence-electron chi connectivity index (χ4n) is 1.42. The van der Waals surface area contributed by atoms with Gasteiger partial charge >= 0.3 is 6.03 Å². The Kier molecular flexibility index (Phi) is 4.08. The Morgan fingerprint density at radius 3 is 2.67 bits per heavy atom. The molecule has 0 aliphatic carbocycles. The van der Waals surface area contributed by atoms with E-state index >= 15 is 0 Å². The molecule has 0 aromatic carbocycles. The number of carbonyl (C=O) groups excluding carboxylic acids is 1. The Morgan fingerprint density at radius 1 is 1.53 bits per heavy atom. The Labute approximate surface area is 94.1 Å². The van der Waals surface area contributed by atoms with Crippen molar-refractivity contribution in [3.8, 4) is 0 Å². The Hall–Kier alpha value is -1.10. The van der Waals surface area contributed by atoms with Crippen LogP contribution in [0.4, 0.5) is 4.79 Å². The van der Waals surface area contributed by atoms with Crippen LogP contribution in [0.3, 0.4) is 0 Å². The van der Waals surface area contributed by atoms with Gasteiger partial charge in [-0.15, -0.1) is 11.3 Å². The van der Waals surface area contributed by atoms with Gasteiger partial charge in [-0.2, -0.15) is 0 Å². The molecule has 0 spiro atoms. The summed E-state index contributed by atoms with van der Waals surface area (Å²) < 4.78 is 0. The molecule has 1 aromatic rings. The molecule has 0 bridgehead atoms. The van der Waals surface area contributed by atoms with Crippen molar-refractivity contribution in [1.29, 1.82) is 0 Å². The average Bonchev–Trinajstić information content (AvgIpc) is 2.45. The first-order valence-electron chi connectivity index (χ1n) is 5.02. The van der Waals surface area contributed by atoms with Crippen molar-refractivity contribution in [2.75, 3.05) is 6.54 Å². The minimum absolute atomic E-state index is 0.0164. The quantitative estimate of drug-likeness (QED) is 0.831. The van der Waals surface area contributed by atoms with E-state index in [-0.39, 0.29) is 12.1 Å². The van der Waals surface area contributed by atoms with Crippen molar-refractivity contribution in [1.82, 2.24) is 15.6 Å². The molecule has 0 aliphatic rings. The lowest BCUT2D eigenvalue weighted by atomic mass is 10.2. The lowest BCUT2D eigenvalue weighted by Crippen LogP contribution is -2.36. The summed E-state index contributed by atoms with van der Waals surface area (Å²) >= 11 is 1.63. The smallest absolute Gasteiger partial charge is 0.315 e. The average molecular weight is 227 g/mol. The van der Waals surface area contributed by atoms with E-state index in [0.29, 0.717) is 6.54 Å². The van der Waals surface area contributed by atoms with Gasteiger partial charge in [-0.25, -0.2) is 9.78 Å². The van der Waals surface area contributed by atoms with Crippen molar-refractivity contribution in [3.63, 3.8) is 0 Å². The van der Waals surface area contributed by atoms with E-state index < -0.39 is 0 Å². The number of nitrogens with zero attached hydrogens (tertiary/aromatic N) is 1. The maximum absolute atomic E-state index is 11.3. The van der Waals surface area contributed by atoms with E-state index in [1.54, 1.807) is 11.3 Å². The van der Waals surface area contributed by atoms with Crippen molar-refractivity contribution < 1.29 is 4.79 Å². The second-order valence-corrected chi connectivity index (χ2v) is 4.64. The van der Waals surface area contributed by atoms with Crippen molar-refractivity contribution in [3.05, 3.63) is 15.6 Å². The standard InChI is InChI=1S/C10H17N3OS/c1-5-11-10(14)13-7(3)9-6(2)12-8(4)15-9/h7H,5H2,1-4H3,(H2,11,13,14). The number of aromatic nitrogens is 1. The zero-order chi connectivity index (χ0) is 11.4. The van der Waals surface area contributed by atoms with Crippen molar-refractivity contribution >= 4 is 17.4 Å². The lowest BCUT2D eigenvalue weighted by Gasteiger charge is -2.12. The molecule has 2 amide bonds. The van der Waals surface area contributed by atoms with Gasteiger partial charge < -0.3 is 10.6 Å². The minimum Gasteiger partial charge on any atom is -0.338 e. The second-order valence-electron chi connectivity index (χ2n) is 3.41. The van der Waals surface area contributed by atoms with E-state index in [2.05, 4.69) is 15.6 Å². The van der Waals surface area contributed by atoms with Crippen LogP contribution in [0, 0.1) is 13.8 Å². The van der Waals surface area contributed by atoms with E-state index in [1.807, 2.05) is 27.7 Å². The predicted molar refractivity (Wildman–Crippen MR) is 62.2 cm³/mol. The summed E-state index contributed by atoms with van der Waals surface area (Å²) in [6.07, 6.45) is 0. The summed E-state index contributed by atoms with van der Waals surface area (Å²) in [7, 11) is 0. The number of rotatable bonds is 3. The molecule has 84 valence electrons. The molecule has 2 N–H and O–H groups in total. The summed E-state index contributed by atoms with van der Waals surface area (Å²) in [5.74, 6) is 0. The monoisotopic (exact) mass is 227 g/mol. The number of amides is 2. The summed E-state index contributed by atoms with van der Waals surface area (Å²) in [5.41, 5.74) is 1.00. The third-order valence-electron chi connectivity index (χ3n) is 2.02. The molecule has 0 radical (unpaired) electrons. The highest BCUT2D eigenvalue weighted by atomic mass is 32.1. The molecule has 0 saturated heterocycles. The molecule has 1 heterocycles. The Balaban J connectivity index is 2.64. The zero-order valence-corrected chi connectivity index (χ0v) is 10.4. The van der Waals surface area contributed by atoms with Gasteiger partial charge in [0.15, 0.2) is 0 Å². The SMILES string of the molecule is CCNC(=O)NC(C)c1sc(C)nc1C. The van der Waals surface area contributed by atoms with Gasteiger partial charge in [0.1, 0.15) is 0 Å². The van der Waals surface area contributed by atoms with Gasteiger partial charge in [-0.3, -0.25) is 0 Å². The molecule has 0 fully saturated rings. The molecule has 0 aliphatic heterocycles. The number of nitrogens with one attached hydrogen (secondary N) is 2. The topological polar surface area (TPSA) is 54.0 Å². The maximum atomic E-state index is 11.3. The van der Waals surface area contributed by atoms with Crippen molar-refractivity contribution in [2.45, 2.75) is 33.7 Å². The normalized spacial score (nSPS) is 12.3. The molecular formula is C10H17N3OS. The highest BCUT2D eigenvalue weighted by molar-refractivity contribution is 7.11. The Bertz CT molecular complexity index is 348. The fraction of sp³-hybridized carbons (Fsp3) is 0.600. The van der Waals surface area contributed by atoms with Crippen LogP contribution in [0.15, 0.2) is 0 Å². The predicted octanol–water partition coefficient (Wildman–Crippen LogP) is 2.14. The summed E-state index contributed by atoms with van der Waals surface area (Å²) in [4.78, 5) is 16.8. The number of carbonyl (C=O) groups is 1. The first-order chi connectivity index (χ1) is 7.04. The van der Waals surface area contributed by atoms with Gasteiger partial charge in [-0.05, 0) is 27.7 Å². The maximum Gasteiger partial charge on any atom is 0.315 e. The molecule has 1 aromatic heterocycles. The van der Waals surface area contributed by atoms with Crippen LogP contribution in [0.5, 0.6) is 0 Å². The van der Waals surface area contributed by atoms with Gasteiger partial charge in [0.25, 0.3) is 0 Å². The van der Waals surface area contributed by atoms with Gasteiger partial charge in [0.2, 0.25) is 0 Å². The van der Waals surface area contributed by atoms with Crippen LogP contribution in [0.2, 0.25) is 0 Å². The van der Waals surface area contributed by atoms with Crippen LogP contribution in [-0.4, -0.2) is 17.6 Å². The third kappa shape index (κ3) is 3.20. The Morgan fingerprint density at radius 2 is 2.20 bits per heavy atom. The zero-order valence-electron chi connectivity index (χ0n) is 9.55. The van der Waals surface area contributed by atoms with Crippen LogP contribution in [0.25, 0.3) is 0 Å². The minimum atomic E-state index is -0.129. The molecular weight excluding hydrogens is 210 g/mol. The number of hydrogen-bond donors (Lipinski definition) is 2. The van der Waals surface area contributed by atoms with Crippen LogP contribution in [-0.2, 0) is 0 Å². The van der Waals surface area contributed by atoms with Crippen LogP contribution >= 0.6 is 11.3 Å². The highest BCUT2D eigenvalue weighted by Crippen LogP contribution is 2.24. The number of hydrogen-bond acceptors (Lipinski definition) is 3. The third-order valence-corrected chi connectivity index (χ3v) is 3.27. The molecule has 1 unspecified atom stereocenters. The first-order valence-corrected chi connectivity index (χ1v) is 5.84. The molecule has 15 heavy (non-hydrogen) atoms. The van der Waals surface area contributed by atoms with Gasteiger partial charge in [0, 0.05) is 11.4 Å². The molecule has 1 atom stereocenters. The van der Waals surface area contributed by atoms with Crippen molar-refractivity contribution in [2.24, 2.45) is 0 Å². The van der Waals surface area contributed by atoms with E-state index in [9.17, 15) is 4.79 Å². The van der Waals surface area contributed by atoms with E-state index in [4.69, 9.17) is 0 Å². The van der Waals surface area contributed by atoms with E-state index in [0.717, 1.165) is 15.6 Å². The van der Waals surface area contributed by atoms with Gasteiger partial charge in [-0.1, -0.05) is 0 Å². The number of aryl methyl sites for hydroxylation is 2. The summed E-state index contributed by atoms with van der Waals surface area (Å²) in [5, 5.41) is 6.61. The van der Waals surface area contributed by atoms with Crippen LogP contribution in [0.1, 0.15) is 35.5 Å². The largest absolute Gasteiger partial charge is 0.338 e. The fourth-order valence-corrected chi connectivity index (χ4v) is 2.35. The first kappa shape index (κ1) is 12.0. The molecule has 1 rings (SSSR count). The summed E-state index contributed by atoms with van der Waals surface area (Å²) in [6.45, 7) is 8.44. The highest BCUT2D eigenvalue weighted by Gasteiger charge is 2.14. The molecule has 4 nitrogen and oxygen atoms in total. The number of urea groups is 1. The number of thiazole rings is 1. The molecule has 0 saturated carbocycles. The molecule has 5 heteroatoms. The van der Waals surface area contributed by atoms with Crippen LogP contribution < -0.4 is 10.6 Å². The lowest BCUT2D eigenvalue weighted by molar-refractivity contribution is 0.238.